The number of carbonyl (C=O) groups excluding carboxylic acids is 1. The SMILES string of the molecule is CC.CC(=O)NCc1c(C(F)(F)F)[nH]n(C)c1=O. The Balaban J connectivity index is 0.00000137. The van der Waals surface area contributed by atoms with Crippen LogP contribution in [0.15, 0.2) is 4.79 Å². The summed E-state index contributed by atoms with van der Waals surface area (Å²) in [6.45, 7) is 4.71. The maximum atomic E-state index is 12.5. The molecule has 1 heterocycles. The van der Waals surface area contributed by atoms with Gasteiger partial charge in [0.1, 0.15) is 5.69 Å². The van der Waals surface area contributed by atoms with Crippen molar-refractivity contribution < 1.29 is 18.0 Å². The lowest BCUT2D eigenvalue weighted by molar-refractivity contribution is -0.142. The second-order valence-electron chi connectivity index (χ2n) is 3.24. The molecule has 8 heteroatoms. The van der Waals surface area contributed by atoms with E-state index < -0.39 is 35.4 Å². The molecule has 5 nitrogen and oxygen atoms in total. The number of hydrogen-bond donors (Lipinski definition) is 2. The van der Waals surface area contributed by atoms with Crippen LogP contribution in [0.1, 0.15) is 32.0 Å². The number of rotatable bonds is 2. The Hall–Kier alpha value is -1.73. The van der Waals surface area contributed by atoms with Crippen molar-refractivity contribution in [1.29, 1.82) is 0 Å². The van der Waals surface area contributed by atoms with Crippen LogP contribution in [0.5, 0.6) is 0 Å². The van der Waals surface area contributed by atoms with E-state index in [2.05, 4.69) is 5.32 Å². The number of aromatic amines is 1. The second-order valence-corrected chi connectivity index (χ2v) is 3.24. The van der Waals surface area contributed by atoms with E-state index in [1.807, 2.05) is 18.9 Å². The zero-order chi connectivity index (χ0) is 14.5. The molecule has 0 bridgehead atoms. The Labute approximate surface area is 102 Å². The van der Waals surface area contributed by atoms with Gasteiger partial charge in [-0.15, -0.1) is 0 Å². The zero-order valence-electron chi connectivity index (χ0n) is 10.6. The molecule has 0 radical (unpaired) electrons. The van der Waals surface area contributed by atoms with Crippen molar-refractivity contribution in [3.63, 3.8) is 0 Å². The Morgan fingerprint density at radius 2 is 1.89 bits per heavy atom. The molecule has 1 rings (SSSR count). The number of carbonyl (C=O) groups is 1. The summed E-state index contributed by atoms with van der Waals surface area (Å²) in [5, 5.41) is 4.06. The molecule has 1 aromatic rings. The fraction of sp³-hybridized carbons (Fsp3) is 0.600. The molecular formula is C10H16F3N3O2. The second kappa shape index (κ2) is 6.27. The quantitative estimate of drug-likeness (QED) is 0.850. The van der Waals surface area contributed by atoms with Gasteiger partial charge in [-0.3, -0.25) is 19.4 Å². The first kappa shape index (κ1) is 16.3. The highest BCUT2D eigenvalue weighted by atomic mass is 19.4. The van der Waals surface area contributed by atoms with Crippen molar-refractivity contribution in [3.05, 3.63) is 21.6 Å². The van der Waals surface area contributed by atoms with Gasteiger partial charge in [0.2, 0.25) is 5.91 Å². The zero-order valence-corrected chi connectivity index (χ0v) is 10.6. The Kier molecular flexibility index (Phi) is 5.67. The Morgan fingerprint density at radius 1 is 1.39 bits per heavy atom. The van der Waals surface area contributed by atoms with Crippen molar-refractivity contribution in [2.75, 3.05) is 0 Å². The van der Waals surface area contributed by atoms with Crippen LogP contribution in [-0.4, -0.2) is 15.7 Å². The molecule has 0 saturated heterocycles. The fourth-order valence-electron chi connectivity index (χ4n) is 1.21. The summed E-state index contributed by atoms with van der Waals surface area (Å²) >= 11 is 0. The largest absolute Gasteiger partial charge is 0.433 e. The summed E-state index contributed by atoms with van der Waals surface area (Å²) in [4.78, 5) is 21.9. The molecule has 0 aromatic carbocycles. The van der Waals surface area contributed by atoms with Crippen LogP contribution in [0.25, 0.3) is 0 Å². The Bertz CT molecular complexity index is 460. The van der Waals surface area contributed by atoms with Crippen LogP contribution >= 0.6 is 0 Å². The Morgan fingerprint density at radius 3 is 2.28 bits per heavy atom. The minimum Gasteiger partial charge on any atom is -0.352 e. The number of nitrogens with zero attached hydrogens (tertiary/aromatic N) is 1. The lowest BCUT2D eigenvalue weighted by Gasteiger charge is -2.06. The topological polar surface area (TPSA) is 66.9 Å². The van der Waals surface area contributed by atoms with Gasteiger partial charge in [-0.25, -0.2) is 0 Å². The molecule has 1 amide bonds. The van der Waals surface area contributed by atoms with Crippen LogP contribution < -0.4 is 10.9 Å². The molecule has 2 N–H and O–H groups in total. The van der Waals surface area contributed by atoms with Crippen LogP contribution in [0, 0.1) is 0 Å². The predicted molar refractivity (Wildman–Crippen MR) is 59.9 cm³/mol. The highest BCUT2D eigenvalue weighted by molar-refractivity contribution is 5.72. The van der Waals surface area contributed by atoms with E-state index in [-0.39, 0.29) is 0 Å². The molecule has 104 valence electrons. The van der Waals surface area contributed by atoms with Crippen LogP contribution in [0.2, 0.25) is 0 Å². The van der Waals surface area contributed by atoms with Gasteiger partial charge < -0.3 is 5.32 Å². The maximum Gasteiger partial charge on any atom is 0.433 e. The maximum absolute atomic E-state index is 12.5. The molecule has 0 aliphatic rings. The van der Waals surface area contributed by atoms with E-state index in [1.165, 1.54) is 7.05 Å². The minimum absolute atomic E-state index is 0.444. The highest BCUT2D eigenvalue weighted by Crippen LogP contribution is 2.28. The van der Waals surface area contributed by atoms with Crippen LogP contribution in [0.3, 0.4) is 0 Å². The summed E-state index contributed by atoms with van der Waals surface area (Å²) in [7, 11) is 1.18. The average molecular weight is 267 g/mol. The van der Waals surface area contributed by atoms with Gasteiger partial charge in [-0.05, 0) is 0 Å². The van der Waals surface area contributed by atoms with Crippen LogP contribution in [-0.2, 0) is 24.6 Å². The van der Waals surface area contributed by atoms with Gasteiger partial charge in [-0.1, -0.05) is 13.8 Å². The van der Waals surface area contributed by atoms with E-state index in [0.717, 1.165) is 11.6 Å². The van der Waals surface area contributed by atoms with E-state index in [4.69, 9.17) is 0 Å². The predicted octanol–water partition coefficient (Wildman–Crippen LogP) is 1.39. The minimum atomic E-state index is -4.64. The molecule has 18 heavy (non-hydrogen) atoms. The van der Waals surface area contributed by atoms with Crippen molar-refractivity contribution in [1.82, 2.24) is 15.1 Å². The van der Waals surface area contributed by atoms with Crippen molar-refractivity contribution >= 4 is 5.91 Å². The number of halogens is 3. The monoisotopic (exact) mass is 267 g/mol. The molecule has 0 fully saturated rings. The summed E-state index contributed by atoms with van der Waals surface area (Å²) in [6, 6.07) is 0. The number of nitrogens with one attached hydrogen (secondary N) is 2. The number of hydrogen-bond acceptors (Lipinski definition) is 2. The highest BCUT2D eigenvalue weighted by Gasteiger charge is 2.37. The van der Waals surface area contributed by atoms with Gasteiger partial charge in [0.25, 0.3) is 5.56 Å². The molecular weight excluding hydrogens is 251 g/mol. The first-order valence-corrected chi connectivity index (χ1v) is 5.33. The third-order valence-corrected chi connectivity index (χ3v) is 1.94. The van der Waals surface area contributed by atoms with E-state index in [0.29, 0.717) is 0 Å². The van der Waals surface area contributed by atoms with Gasteiger partial charge >= 0.3 is 6.18 Å². The van der Waals surface area contributed by atoms with Gasteiger partial charge in [-0.2, -0.15) is 13.2 Å². The summed E-state index contributed by atoms with van der Waals surface area (Å²) in [6.07, 6.45) is -4.64. The smallest absolute Gasteiger partial charge is 0.352 e. The number of H-pyrrole nitrogens is 1. The van der Waals surface area contributed by atoms with Gasteiger partial charge in [0.05, 0.1) is 12.1 Å². The van der Waals surface area contributed by atoms with Crippen molar-refractivity contribution in [3.8, 4) is 0 Å². The third kappa shape index (κ3) is 3.94. The van der Waals surface area contributed by atoms with E-state index >= 15 is 0 Å². The third-order valence-electron chi connectivity index (χ3n) is 1.94. The summed E-state index contributed by atoms with van der Waals surface area (Å²) in [5.41, 5.74) is -2.43. The standard InChI is InChI=1S/C8H10F3N3O2.C2H6/c1-4(15)12-3-5-6(8(9,10)11)13-14(2)7(5)16;1-2/h13H,3H2,1-2H3,(H,12,15);1-2H3. The molecule has 0 aliphatic heterocycles. The molecule has 1 aromatic heterocycles. The van der Waals surface area contributed by atoms with Gasteiger partial charge in [0.15, 0.2) is 0 Å². The summed E-state index contributed by atoms with van der Waals surface area (Å²) < 4.78 is 38.1. The lowest BCUT2D eigenvalue weighted by Crippen LogP contribution is -2.25. The van der Waals surface area contributed by atoms with Crippen LogP contribution in [0.4, 0.5) is 13.2 Å². The van der Waals surface area contributed by atoms with E-state index in [9.17, 15) is 22.8 Å². The molecule has 0 saturated carbocycles. The number of amides is 1. The average Bonchev–Trinajstić information content (AvgIpc) is 2.55. The molecule has 0 atom stereocenters. The fourth-order valence-corrected chi connectivity index (χ4v) is 1.21. The van der Waals surface area contributed by atoms with Crippen molar-refractivity contribution in [2.24, 2.45) is 7.05 Å². The normalized spacial score (nSPS) is 10.6. The summed E-state index contributed by atoms with van der Waals surface area (Å²) in [5.74, 6) is -0.503. The number of alkyl halides is 3. The first-order valence-electron chi connectivity index (χ1n) is 5.33. The molecule has 0 aliphatic carbocycles. The molecule has 0 unspecified atom stereocenters. The molecule has 0 spiro atoms. The van der Waals surface area contributed by atoms with Gasteiger partial charge in [0, 0.05) is 14.0 Å². The first-order chi connectivity index (χ1) is 8.23. The van der Waals surface area contributed by atoms with E-state index in [1.54, 1.807) is 0 Å². The van der Waals surface area contributed by atoms with Crippen molar-refractivity contribution in [2.45, 2.75) is 33.5 Å². The number of aromatic nitrogens is 2. The number of aryl methyl sites for hydroxylation is 1. The lowest BCUT2D eigenvalue weighted by atomic mass is 10.2.